The van der Waals surface area contributed by atoms with Crippen LogP contribution in [0, 0.1) is 13.8 Å². The molecule has 0 aliphatic carbocycles. The molecule has 360 valence electrons. The Morgan fingerprint density at radius 3 is 1.51 bits per heavy atom. The molecule has 68 heavy (non-hydrogen) atoms. The Labute approximate surface area is 397 Å². The number of aryl methyl sites for hydroxylation is 4. The van der Waals surface area contributed by atoms with Crippen molar-refractivity contribution < 1.29 is 38.2 Å². The number of rotatable bonds is 21. The van der Waals surface area contributed by atoms with Crippen molar-refractivity contribution in [3.05, 3.63) is 99.1 Å². The summed E-state index contributed by atoms with van der Waals surface area (Å²) < 4.78 is 15.9. The fourth-order valence-electron chi connectivity index (χ4n) is 8.63. The molecule has 5 heterocycles. The minimum absolute atomic E-state index is 0.146. The molecule has 3 aromatic heterocycles. The van der Waals surface area contributed by atoms with Crippen LogP contribution in [0.25, 0.3) is 44.4 Å². The van der Waals surface area contributed by atoms with Gasteiger partial charge in [0.25, 0.3) is 0 Å². The lowest BCUT2D eigenvalue weighted by molar-refractivity contribution is -0.143. The van der Waals surface area contributed by atoms with E-state index in [0.29, 0.717) is 67.1 Å². The van der Waals surface area contributed by atoms with Gasteiger partial charge in [0.15, 0.2) is 0 Å². The fraction of sp³-hybridized carbons (Fsp3) is 0.415. The summed E-state index contributed by atoms with van der Waals surface area (Å²) in [7, 11) is 0. The Kier molecular flexibility index (Phi) is 17.5. The number of fused-ring (bicyclic) bond motifs is 8. The summed E-state index contributed by atoms with van der Waals surface area (Å²) in [4.78, 5) is 81.6. The van der Waals surface area contributed by atoms with Gasteiger partial charge in [0.2, 0.25) is 11.8 Å². The maximum Gasteiger partial charge on any atom is 0.306 e. The van der Waals surface area contributed by atoms with E-state index in [4.69, 9.17) is 29.9 Å². The molecule has 15 heteroatoms. The van der Waals surface area contributed by atoms with Crippen molar-refractivity contribution >= 4 is 79.8 Å². The first-order chi connectivity index (χ1) is 32.7. The number of nitrogen functional groups attached to an aromatic ring is 1. The van der Waals surface area contributed by atoms with Crippen molar-refractivity contribution in [2.75, 3.05) is 38.6 Å². The molecule has 0 fully saturated rings. The van der Waals surface area contributed by atoms with Gasteiger partial charge >= 0.3 is 17.9 Å². The normalized spacial score (nSPS) is 12.3. The second kappa shape index (κ2) is 23.6. The molecule has 0 atom stereocenters. The van der Waals surface area contributed by atoms with E-state index >= 15 is 0 Å². The number of ether oxygens (including phenoxy) is 3. The van der Waals surface area contributed by atoms with Crippen LogP contribution in [-0.2, 0) is 57.4 Å². The SMILES string of the molecule is CCOC(=O)CCC1=C(C)c2cc3[nH]c(cc4[nH]c(cc5nc(cc1n2)C(C)=C5CCC(=O)OCC)c(C)c4CCC(=O)NCCC(=O)NCCc1ccc(N)cc1)c(C)c3CCC(=O)OCC. The highest BCUT2D eigenvalue weighted by Gasteiger charge is 2.24. The van der Waals surface area contributed by atoms with E-state index in [-0.39, 0.29) is 88.2 Å². The summed E-state index contributed by atoms with van der Waals surface area (Å²) in [6.07, 6.45) is 3.12. The van der Waals surface area contributed by atoms with Gasteiger partial charge in [-0.2, -0.15) is 0 Å². The van der Waals surface area contributed by atoms with Crippen molar-refractivity contribution in [1.29, 1.82) is 0 Å². The van der Waals surface area contributed by atoms with Gasteiger partial charge in [0, 0.05) is 72.9 Å². The highest BCUT2D eigenvalue weighted by molar-refractivity contribution is 5.96. The third-order valence-corrected chi connectivity index (χ3v) is 12.4. The number of H-pyrrole nitrogens is 2. The number of allylic oxidation sites excluding steroid dienone is 4. The molecular weight excluding hydrogens is 863 g/mol. The van der Waals surface area contributed by atoms with Gasteiger partial charge in [0.1, 0.15) is 0 Å². The van der Waals surface area contributed by atoms with E-state index in [0.717, 1.165) is 72.2 Å². The summed E-state index contributed by atoms with van der Waals surface area (Å²) in [5.41, 5.74) is 20.7. The minimum Gasteiger partial charge on any atom is -0.466 e. The number of esters is 3. The molecule has 15 nitrogen and oxygen atoms in total. The second-order valence-corrected chi connectivity index (χ2v) is 17.0. The van der Waals surface area contributed by atoms with Crippen LogP contribution < -0.4 is 16.4 Å². The Morgan fingerprint density at radius 2 is 0.956 bits per heavy atom. The quantitative estimate of drug-likeness (QED) is 0.0304. The first-order valence-electron chi connectivity index (χ1n) is 23.7. The van der Waals surface area contributed by atoms with Crippen molar-refractivity contribution in [3.8, 4) is 0 Å². The Hall–Kier alpha value is -7.03. The first-order valence-corrected chi connectivity index (χ1v) is 23.7. The summed E-state index contributed by atoms with van der Waals surface area (Å²) in [5, 5.41) is 5.84. The Balaban J connectivity index is 1.41. The predicted octanol–water partition coefficient (Wildman–Crippen LogP) is 8.36. The number of nitrogens with one attached hydrogen (secondary N) is 4. The molecule has 2 amide bonds. The van der Waals surface area contributed by atoms with Crippen LogP contribution in [0.2, 0.25) is 0 Å². The lowest BCUT2D eigenvalue weighted by Gasteiger charge is -2.07. The zero-order valence-corrected chi connectivity index (χ0v) is 40.5. The van der Waals surface area contributed by atoms with E-state index in [1.165, 1.54) is 0 Å². The van der Waals surface area contributed by atoms with E-state index in [2.05, 4.69) is 20.6 Å². The largest absolute Gasteiger partial charge is 0.466 e. The molecule has 0 saturated carbocycles. The molecule has 0 saturated heterocycles. The van der Waals surface area contributed by atoms with Crippen LogP contribution in [0.1, 0.15) is 130 Å². The van der Waals surface area contributed by atoms with Crippen LogP contribution in [0.15, 0.2) is 48.5 Å². The Morgan fingerprint density at radius 1 is 0.515 bits per heavy atom. The number of aromatic amines is 2. The number of amides is 2. The number of nitrogens with zero attached hydrogens (tertiary/aromatic N) is 2. The smallest absolute Gasteiger partial charge is 0.306 e. The highest BCUT2D eigenvalue weighted by atomic mass is 16.5. The maximum absolute atomic E-state index is 13.3. The van der Waals surface area contributed by atoms with Crippen LogP contribution in [-0.4, -0.2) is 82.6 Å². The van der Waals surface area contributed by atoms with Crippen LogP contribution in [0.5, 0.6) is 0 Å². The standard InChI is InChI=1S/C53H65N7O8/c1-8-66-51(63)20-16-38-32(5)42-27-45-37(15-19-49(61)56-26-24-50(62)55-25-23-35-11-13-36(54)14-12-35)31(4)41(57-45)28-46-39(17-21-52(64)67-9-2)33(6)43(59-46)30-48-40(18-22-53(65)68-10-3)34(7)44(60-48)29-47(38)58-42/h11-14,27-30,57-58H,8-10,15-26,54H2,1-7H3,(H,55,62)(H,56,61). The third-order valence-electron chi connectivity index (χ3n) is 12.4. The minimum atomic E-state index is -0.302. The lowest BCUT2D eigenvalue weighted by atomic mass is 9.98. The average molecular weight is 928 g/mol. The maximum atomic E-state index is 13.3. The van der Waals surface area contributed by atoms with Gasteiger partial charge < -0.3 is 40.5 Å². The summed E-state index contributed by atoms with van der Waals surface area (Å²) in [6.45, 7) is 14.9. The van der Waals surface area contributed by atoms with Crippen molar-refractivity contribution in [1.82, 2.24) is 30.6 Å². The van der Waals surface area contributed by atoms with Crippen molar-refractivity contribution in [3.63, 3.8) is 0 Å². The molecule has 4 aromatic rings. The molecule has 6 rings (SSSR count). The highest BCUT2D eigenvalue weighted by Crippen LogP contribution is 2.38. The van der Waals surface area contributed by atoms with Crippen molar-refractivity contribution in [2.24, 2.45) is 0 Å². The number of benzene rings is 1. The van der Waals surface area contributed by atoms with Gasteiger partial charge in [-0.15, -0.1) is 0 Å². The number of carbonyl (C=O) groups is 5. The fourth-order valence-corrected chi connectivity index (χ4v) is 8.63. The molecule has 2 aliphatic heterocycles. The number of nitrogens with two attached hydrogens (primary N) is 1. The average Bonchev–Trinajstić information content (AvgIpc) is 3.96. The number of anilines is 1. The van der Waals surface area contributed by atoms with Gasteiger partial charge in [-0.25, -0.2) is 9.97 Å². The zero-order chi connectivity index (χ0) is 48.9. The number of aromatic nitrogens is 4. The first kappa shape index (κ1) is 50.4. The molecule has 8 bridgehead atoms. The van der Waals surface area contributed by atoms with E-state index in [1.807, 2.05) is 76.2 Å². The van der Waals surface area contributed by atoms with Gasteiger partial charge in [-0.3, -0.25) is 24.0 Å². The van der Waals surface area contributed by atoms with Gasteiger partial charge in [-0.05, 0) is 167 Å². The molecule has 0 spiro atoms. The van der Waals surface area contributed by atoms with E-state index in [1.54, 1.807) is 20.8 Å². The summed E-state index contributed by atoms with van der Waals surface area (Å²) in [6, 6.07) is 15.5. The molecule has 0 radical (unpaired) electrons. The second-order valence-electron chi connectivity index (χ2n) is 17.0. The molecule has 6 N–H and O–H groups in total. The third kappa shape index (κ3) is 12.9. The van der Waals surface area contributed by atoms with Crippen LogP contribution in [0.4, 0.5) is 5.69 Å². The van der Waals surface area contributed by atoms with Crippen LogP contribution in [0.3, 0.4) is 0 Å². The predicted molar refractivity (Wildman–Crippen MR) is 266 cm³/mol. The summed E-state index contributed by atoms with van der Waals surface area (Å²) >= 11 is 0. The van der Waals surface area contributed by atoms with Crippen LogP contribution >= 0.6 is 0 Å². The van der Waals surface area contributed by atoms with E-state index < -0.39 is 0 Å². The summed E-state index contributed by atoms with van der Waals surface area (Å²) in [5.74, 6) is -1.22. The number of hydrogen-bond acceptors (Lipinski definition) is 11. The van der Waals surface area contributed by atoms with Gasteiger partial charge in [0.05, 0.1) is 42.6 Å². The molecular formula is C53H65N7O8. The zero-order valence-electron chi connectivity index (χ0n) is 40.5. The van der Waals surface area contributed by atoms with Crippen molar-refractivity contribution in [2.45, 2.75) is 113 Å². The lowest BCUT2D eigenvalue weighted by Crippen LogP contribution is -2.31. The topological polar surface area (TPSA) is 220 Å². The molecule has 2 aliphatic rings. The van der Waals surface area contributed by atoms with Gasteiger partial charge in [-0.1, -0.05) is 12.1 Å². The number of hydrogen-bond donors (Lipinski definition) is 5. The molecule has 0 unspecified atom stereocenters. The monoisotopic (exact) mass is 927 g/mol. The number of carbonyl (C=O) groups excluding carboxylic acids is 5. The van der Waals surface area contributed by atoms with E-state index in [9.17, 15) is 24.0 Å². The molecule has 1 aromatic carbocycles. The Bertz CT molecular complexity index is 2780.